The second-order valence-corrected chi connectivity index (χ2v) is 4.60. The lowest BCUT2D eigenvalue weighted by Crippen LogP contribution is -2.25. The maximum Gasteiger partial charge on any atom is 0.142 e. The minimum absolute atomic E-state index is 0.224. The van der Waals surface area contributed by atoms with Gasteiger partial charge in [0.1, 0.15) is 12.2 Å². The van der Waals surface area contributed by atoms with E-state index in [1.807, 2.05) is 18.2 Å². The largest absolute Gasteiger partial charge is 0.327 e. The highest BCUT2D eigenvalue weighted by molar-refractivity contribution is 5.33. The topological polar surface area (TPSA) is 56.7 Å². The van der Waals surface area contributed by atoms with Crippen molar-refractivity contribution >= 4 is 0 Å². The second kappa shape index (κ2) is 4.30. The molecule has 0 amide bonds. The van der Waals surface area contributed by atoms with E-state index in [0.717, 1.165) is 24.4 Å². The molecule has 1 saturated carbocycles. The lowest BCUT2D eigenvalue weighted by Gasteiger charge is -2.15. The van der Waals surface area contributed by atoms with Crippen molar-refractivity contribution in [2.24, 2.45) is 5.73 Å². The van der Waals surface area contributed by atoms with E-state index >= 15 is 0 Å². The van der Waals surface area contributed by atoms with Crippen LogP contribution in [0.15, 0.2) is 36.7 Å². The molecule has 4 heteroatoms. The van der Waals surface area contributed by atoms with E-state index in [1.54, 1.807) is 6.33 Å². The summed E-state index contributed by atoms with van der Waals surface area (Å²) < 4.78 is 2.05. The van der Waals surface area contributed by atoms with Crippen LogP contribution in [0.4, 0.5) is 0 Å². The third-order valence-corrected chi connectivity index (χ3v) is 3.51. The SMILES string of the molecule is NC1CCCC1c1nncn1-c1ccccc1. The molecule has 1 aromatic carbocycles. The molecule has 1 aromatic heterocycles. The van der Waals surface area contributed by atoms with Gasteiger partial charge in [-0.05, 0) is 25.0 Å². The van der Waals surface area contributed by atoms with Crippen molar-refractivity contribution in [2.45, 2.75) is 31.2 Å². The van der Waals surface area contributed by atoms with Crippen molar-refractivity contribution in [1.82, 2.24) is 14.8 Å². The standard InChI is InChI=1S/C13H16N4/c14-12-8-4-7-11(12)13-16-15-9-17(13)10-5-2-1-3-6-10/h1-3,5-6,9,11-12H,4,7-8,14H2. The zero-order valence-corrected chi connectivity index (χ0v) is 9.66. The van der Waals surface area contributed by atoms with Gasteiger partial charge in [0.25, 0.3) is 0 Å². The van der Waals surface area contributed by atoms with Crippen LogP contribution in [0.3, 0.4) is 0 Å². The Morgan fingerprint density at radius 1 is 1.18 bits per heavy atom. The van der Waals surface area contributed by atoms with Gasteiger partial charge in [-0.3, -0.25) is 4.57 Å². The molecule has 1 aliphatic rings. The van der Waals surface area contributed by atoms with Crippen LogP contribution in [0, 0.1) is 0 Å². The summed E-state index contributed by atoms with van der Waals surface area (Å²) >= 11 is 0. The molecule has 3 rings (SSSR count). The van der Waals surface area contributed by atoms with Gasteiger partial charge < -0.3 is 5.73 Å². The fraction of sp³-hybridized carbons (Fsp3) is 0.385. The quantitative estimate of drug-likeness (QED) is 0.853. The third-order valence-electron chi connectivity index (χ3n) is 3.51. The van der Waals surface area contributed by atoms with E-state index in [4.69, 9.17) is 5.73 Å². The van der Waals surface area contributed by atoms with Gasteiger partial charge in [-0.2, -0.15) is 0 Å². The fourth-order valence-electron chi connectivity index (χ4n) is 2.59. The van der Waals surface area contributed by atoms with Gasteiger partial charge in [0.15, 0.2) is 0 Å². The third kappa shape index (κ3) is 1.85. The van der Waals surface area contributed by atoms with Gasteiger partial charge >= 0.3 is 0 Å². The smallest absolute Gasteiger partial charge is 0.142 e. The average molecular weight is 228 g/mol. The zero-order chi connectivity index (χ0) is 11.7. The number of hydrogen-bond donors (Lipinski definition) is 1. The maximum absolute atomic E-state index is 6.14. The van der Waals surface area contributed by atoms with E-state index in [1.165, 1.54) is 6.42 Å². The molecule has 2 N–H and O–H groups in total. The van der Waals surface area contributed by atoms with Gasteiger partial charge in [-0.1, -0.05) is 24.6 Å². The Bertz CT molecular complexity index is 491. The number of benzene rings is 1. The molecule has 2 aromatic rings. The molecule has 88 valence electrons. The second-order valence-electron chi connectivity index (χ2n) is 4.60. The van der Waals surface area contributed by atoms with Crippen molar-refractivity contribution in [1.29, 1.82) is 0 Å². The van der Waals surface area contributed by atoms with Gasteiger partial charge in [0, 0.05) is 17.6 Å². The Balaban J connectivity index is 2.00. The zero-order valence-electron chi connectivity index (χ0n) is 9.66. The first-order valence-corrected chi connectivity index (χ1v) is 6.07. The Labute approximate surface area is 100 Å². The summed E-state index contributed by atoms with van der Waals surface area (Å²) in [6, 6.07) is 10.4. The first kappa shape index (κ1) is 10.5. The molecule has 0 aliphatic heterocycles. The van der Waals surface area contributed by atoms with Gasteiger partial charge in [0.05, 0.1) is 0 Å². The van der Waals surface area contributed by atoms with E-state index in [0.29, 0.717) is 5.92 Å². The predicted octanol–water partition coefficient (Wildman–Crippen LogP) is 1.86. The van der Waals surface area contributed by atoms with Gasteiger partial charge in [-0.25, -0.2) is 0 Å². The highest BCUT2D eigenvalue weighted by Gasteiger charge is 2.29. The molecule has 1 fully saturated rings. The molecule has 0 bridgehead atoms. The van der Waals surface area contributed by atoms with Crippen LogP contribution in [0.1, 0.15) is 31.0 Å². The summed E-state index contributed by atoms with van der Waals surface area (Å²) in [6.45, 7) is 0. The Hall–Kier alpha value is -1.68. The number of para-hydroxylation sites is 1. The van der Waals surface area contributed by atoms with Crippen LogP contribution in [0.5, 0.6) is 0 Å². The van der Waals surface area contributed by atoms with E-state index < -0.39 is 0 Å². The molecule has 2 atom stereocenters. The number of nitrogens with two attached hydrogens (primary N) is 1. The van der Waals surface area contributed by atoms with Crippen LogP contribution < -0.4 is 5.73 Å². The molecule has 1 heterocycles. The van der Waals surface area contributed by atoms with Crippen molar-refractivity contribution < 1.29 is 0 Å². The predicted molar refractivity (Wildman–Crippen MR) is 65.9 cm³/mol. The van der Waals surface area contributed by atoms with Crippen LogP contribution in [0.2, 0.25) is 0 Å². The maximum atomic E-state index is 6.14. The average Bonchev–Trinajstić information content (AvgIpc) is 2.98. The number of hydrogen-bond acceptors (Lipinski definition) is 3. The highest BCUT2D eigenvalue weighted by atomic mass is 15.3. The highest BCUT2D eigenvalue weighted by Crippen LogP contribution is 2.32. The van der Waals surface area contributed by atoms with Crippen molar-refractivity contribution in [3.8, 4) is 5.69 Å². The summed E-state index contributed by atoms with van der Waals surface area (Å²) in [5.74, 6) is 1.35. The number of rotatable bonds is 2. The summed E-state index contributed by atoms with van der Waals surface area (Å²) in [4.78, 5) is 0. The molecular formula is C13H16N4. The van der Waals surface area contributed by atoms with Gasteiger partial charge in [0.2, 0.25) is 0 Å². The monoisotopic (exact) mass is 228 g/mol. The number of nitrogens with zero attached hydrogens (tertiary/aromatic N) is 3. The van der Waals surface area contributed by atoms with Crippen molar-refractivity contribution in [3.63, 3.8) is 0 Å². The molecule has 4 nitrogen and oxygen atoms in total. The van der Waals surface area contributed by atoms with Crippen LogP contribution >= 0.6 is 0 Å². The molecule has 0 saturated heterocycles. The van der Waals surface area contributed by atoms with E-state index in [9.17, 15) is 0 Å². The summed E-state index contributed by atoms with van der Waals surface area (Å²) in [5.41, 5.74) is 7.24. The van der Waals surface area contributed by atoms with Crippen molar-refractivity contribution in [2.75, 3.05) is 0 Å². The van der Waals surface area contributed by atoms with Crippen LogP contribution in [0.25, 0.3) is 5.69 Å². The summed E-state index contributed by atoms with van der Waals surface area (Å²) in [5, 5.41) is 8.29. The Morgan fingerprint density at radius 2 is 2.00 bits per heavy atom. The van der Waals surface area contributed by atoms with Crippen LogP contribution in [-0.2, 0) is 0 Å². The van der Waals surface area contributed by atoms with Crippen LogP contribution in [-0.4, -0.2) is 20.8 Å². The Kier molecular flexibility index (Phi) is 2.65. The number of aromatic nitrogens is 3. The minimum Gasteiger partial charge on any atom is -0.327 e. The minimum atomic E-state index is 0.224. The van der Waals surface area contributed by atoms with Crippen molar-refractivity contribution in [3.05, 3.63) is 42.5 Å². The molecule has 17 heavy (non-hydrogen) atoms. The van der Waals surface area contributed by atoms with E-state index in [-0.39, 0.29) is 6.04 Å². The summed E-state index contributed by atoms with van der Waals surface area (Å²) in [6.07, 6.45) is 5.17. The summed E-state index contributed by atoms with van der Waals surface area (Å²) in [7, 11) is 0. The van der Waals surface area contributed by atoms with E-state index in [2.05, 4.69) is 26.9 Å². The lowest BCUT2D eigenvalue weighted by atomic mass is 10.0. The fourth-order valence-corrected chi connectivity index (χ4v) is 2.59. The molecule has 1 aliphatic carbocycles. The lowest BCUT2D eigenvalue weighted by molar-refractivity contribution is 0.571. The normalized spacial score (nSPS) is 24.1. The first-order valence-electron chi connectivity index (χ1n) is 6.07. The molecule has 0 radical (unpaired) electrons. The Morgan fingerprint density at radius 3 is 2.71 bits per heavy atom. The molecular weight excluding hydrogens is 212 g/mol. The first-order chi connectivity index (χ1) is 8.36. The molecule has 0 spiro atoms. The molecule has 2 unspecified atom stereocenters. The van der Waals surface area contributed by atoms with Gasteiger partial charge in [-0.15, -0.1) is 10.2 Å².